The van der Waals surface area contributed by atoms with Gasteiger partial charge in [-0.15, -0.1) is 0 Å². The second-order valence-corrected chi connectivity index (χ2v) is 7.33. The normalized spacial score (nSPS) is 12.1. The topological polar surface area (TPSA) is 34.4 Å². The van der Waals surface area contributed by atoms with Gasteiger partial charge in [-0.2, -0.15) is 4.99 Å². The van der Waals surface area contributed by atoms with E-state index in [0.29, 0.717) is 10.6 Å². The van der Waals surface area contributed by atoms with Crippen molar-refractivity contribution in [2.24, 2.45) is 4.99 Å². The molecule has 0 unspecified atom stereocenters. The molecule has 1 heterocycles. The SMILES string of the molecule is CCCn1c(=NC(=O)c2ccc(C)cc2C)sc2cc(Cl)ccc21. The molecule has 0 saturated heterocycles. The summed E-state index contributed by atoms with van der Waals surface area (Å²) in [7, 11) is 0. The van der Waals surface area contributed by atoms with Gasteiger partial charge in [0.2, 0.25) is 0 Å². The van der Waals surface area contributed by atoms with Crippen molar-refractivity contribution >= 4 is 39.1 Å². The highest BCUT2D eigenvalue weighted by molar-refractivity contribution is 7.16. The van der Waals surface area contributed by atoms with Crippen LogP contribution in [0.2, 0.25) is 5.02 Å². The number of fused-ring (bicyclic) bond motifs is 1. The van der Waals surface area contributed by atoms with E-state index in [1.807, 2.05) is 50.2 Å². The van der Waals surface area contributed by atoms with Crippen molar-refractivity contribution < 1.29 is 4.79 Å². The molecule has 1 amide bonds. The molecule has 5 heteroatoms. The van der Waals surface area contributed by atoms with Gasteiger partial charge in [-0.25, -0.2) is 0 Å². The Balaban J connectivity index is 2.14. The maximum Gasteiger partial charge on any atom is 0.279 e. The summed E-state index contributed by atoms with van der Waals surface area (Å²) in [5.74, 6) is -0.199. The van der Waals surface area contributed by atoms with Crippen molar-refractivity contribution in [2.45, 2.75) is 33.7 Å². The van der Waals surface area contributed by atoms with Crippen LogP contribution in [0.4, 0.5) is 0 Å². The molecule has 0 atom stereocenters. The third kappa shape index (κ3) is 3.30. The number of aryl methyl sites for hydroxylation is 3. The van der Waals surface area contributed by atoms with Gasteiger partial charge in [0.1, 0.15) is 0 Å². The van der Waals surface area contributed by atoms with E-state index in [0.717, 1.165) is 39.1 Å². The average molecular weight is 359 g/mol. The van der Waals surface area contributed by atoms with Crippen molar-refractivity contribution in [3.05, 3.63) is 62.9 Å². The minimum Gasteiger partial charge on any atom is -0.316 e. The Kier molecular flexibility index (Phi) is 4.88. The minimum absolute atomic E-state index is 0.199. The molecular weight excluding hydrogens is 340 g/mol. The fourth-order valence-electron chi connectivity index (χ4n) is 2.77. The molecular formula is C19H19ClN2OS. The molecule has 1 aromatic heterocycles. The number of aromatic nitrogens is 1. The van der Waals surface area contributed by atoms with Crippen LogP contribution in [-0.4, -0.2) is 10.5 Å². The fourth-order valence-corrected chi connectivity index (χ4v) is 4.10. The van der Waals surface area contributed by atoms with Gasteiger partial charge in [0.25, 0.3) is 5.91 Å². The minimum atomic E-state index is -0.199. The lowest BCUT2D eigenvalue weighted by atomic mass is 10.1. The van der Waals surface area contributed by atoms with Crippen LogP contribution in [0.15, 0.2) is 41.4 Å². The molecule has 0 saturated carbocycles. The van der Waals surface area contributed by atoms with E-state index in [1.54, 1.807) is 0 Å². The molecule has 0 N–H and O–H groups in total. The highest BCUT2D eigenvalue weighted by Crippen LogP contribution is 2.22. The maximum atomic E-state index is 12.6. The Labute approximate surface area is 150 Å². The van der Waals surface area contributed by atoms with E-state index in [-0.39, 0.29) is 5.91 Å². The third-order valence-electron chi connectivity index (χ3n) is 3.90. The Morgan fingerprint density at radius 3 is 2.71 bits per heavy atom. The fraction of sp³-hybridized carbons (Fsp3) is 0.263. The predicted octanol–water partition coefficient (Wildman–Crippen LogP) is 5.12. The molecule has 0 radical (unpaired) electrons. The van der Waals surface area contributed by atoms with E-state index in [9.17, 15) is 4.79 Å². The van der Waals surface area contributed by atoms with Crippen LogP contribution >= 0.6 is 22.9 Å². The van der Waals surface area contributed by atoms with Crippen LogP contribution < -0.4 is 4.80 Å². The van der Waals surface area contributed by atoms with E-state index in [2.05, 4.69) is 16.5 Å². The first-order valence-electron chi connectivity index (χ1n) is 7.95. The summed E-state index contributed by atoms with van der Waals surface area (Å²) >= 11 is 7.60. The van der Waals surface area contributed by atoms with Crippen LogP contribution in [0.25, 0.3) is 10.2 Å². The molecule has 0 aliphatic carbocycles. The van der Waals surface area contributed by atoms with Crippen molar-refractivity contribution in [2.75, 3.05) is 0 Å². The maximum absolute atomic E-state index is 12.6. The summed E-state index contributed by atoms with van der Waals surface area (Å²) in [4.78, 5) is 17.8. The number of carbonyl (C=O) groups excluding carboxylic acids is 1. The largest absolute Gasteiger partial charge is 0.316 e. The highest BCUT2D eigenvalue weighted by Gasteiger charge is 2.11. The molecule has 3 aromatic rings. The molecule has 3 rings (SSSR count). The van der Waals surface area contributed by atoms with Gasteiger partial charge in [-0.1, -0.05) is 47.6 Å². The van der Waals surface area contributed by atoms with Crippen LogP contribution in [0.1, 0.15) is 34.8 Å². The van der Waals surface area contributed by atoms with Gasteiger partial charge in [-0.3, -0.25) is 4.79 Å². The number of nitrogens with zero attached hydrogens (tertiary/aromatic N) is 2. The molecule has 0 spiro atoms. The summed E-state index contributed by atoms with van der Waals surface area (Å²) < 4.78 is 3.14. The molecule has 24 heavy (non-hydrogen) atoms. The standard InChI is InChI=1S/C19H19ClN2OS/c1-4-9-22-16-8-6-14(20)11-17(16)24-19(22)21-18(23)15-7-5-12(2)10-13(15)3/h5-8,10-11H,4,9H2,1-3H3. The number of hydrogen-bond acceptors (Lipinski definition) is 2. The third-order valence-corrected chi connectivity index (χ3v) is 5.18. The molecule has 0 bridgehead atoms. The van der Waals surface area contributed by atoms with Crippen LogP contribution in [0.5, 0.6) is 0 Å². The summed E-state index contributed by atoms with van der Waals surface area (Å²) in [6.45, 7) is 6.90. The van der Waals surface area contributed by atoms with Gasteiger partial charge in [0, 0.05) is 17.1 Å². The predicted molar refractivity (Wildman–Crippen MR) is 101 cm³/mol. The molecule has 0 aliphatic rings. The monoisotopic (exact) mass is 358 g/mol. The van der Waals surface area contributed by atoms with Crippen LogP contribution in [0.3, 0.4) is 0 Å². The van der Waals surface area contributed by atoms with Gasteiger partial charge >= 0.3 is 0 Å². The highest BCUT2D eigenvalue weighted by atomic mass is 35.5. The van der Waals surface area contributed by atoms with Gasteiger partial charge in [0.05, 0.1) is 10.2 Å². The number of carbonyl (C=O) groups is 1. The van der Waals surface area contributed by atoms with Crippen molar-refractivity contribution in [3.63, 3.8) is 0 Å². The Morgan fingerprint density at radius 2 is 2.00 bits per heavy atom. The molecule has 124 valence electrons. The molecule has 3 nitrogen and oxygen atoms in total. The Hall–Kier alpha value is -1.91. The number of hydrogen-bond donors (Lipinski definition) is 0. The van der Waals surface area contributed by atoms with Crippen molar-refractivity contribution in [1.82, 2.24) is 4.57 Å². The van der Waals surface area contributed by atoms with Crippen molar-refractivity contribution in [1.29, 1.82) is 0 Å². The Bertz CT molecular complexity index is 985. The molecule has 0 fully saturated rings. The first-order chi connectivity index (χ1) is 11.5. The zero-order chi connectivity index (χ0) is 17.3. The number of amides is 1. The molecule has 2 aromatic carbocycles. The summed E-state index contributed by atoms with van der Waals surface area (Å²) in [6.07, 6.45) is 0.972. The summed E-state index contributed by atoms with van der Waals surface area (Å²) in [5.41, 5.74) is 3.81. The number of rotatable bonds is 3. The quantitative estimate of drug-likeness (QED) is 0.639. The zero-order valence-corrected chi connectivity index (χ0v) is 15.5. The second kappa shape index (κ2) is 6.91. The first kappa shape index (κ1) is 16.9. The zero-order valence-electron chi connectivity index (χ0n) is 14.0. The van der Waals surface area contributed by atoms with Crippen LogP contribution in [-0.2, 0) is 6.54 Å². The van der Waals surface area contributed by atoms with E-state index in [1.165, 1.54) is 11.3 Å². The van der Waals surface area contributed by atoms with E-state index >= 15 is 0 Å². The lowest BCUT2D eigenvalue weighted by Gasteiger charge is -2.04. The summed E-state index contributed by atoms with van der Waals surface area (Å²) in [6, 6.07) is 11.6. The Morgan fingerprint density at radius 1 is 1.21 bits per heavy atom. The van der Waals surface area contributed by atoms with Crippen molar-refractivity contribution in [3.8, 4) is 0 Å². The van der Waals surface area contributed by atoms with E-state index < -0.39 is 0 Å². The lowest BCUT2D eigenvalue weighted by molar-refractivity contribution is 0.0997. The van der Waals surface area contributed by atoms with Gasteiger partial charge < -0.3 is 4.57 Å². The van der Waals surface area contributed by atoms with Crippen LogP contribution in [0, 0.1) is 13.8 Å². The average Bonchev–Trinajstić information content (AvgIpc) is 2.84. The van der Waals surface area contributed by atoms with E-state index in [4.69, 9.17) is 11.6 Å². The van der Waals surface area contributed by atoms with Gasteiger partial charge in [-0.05, 0) is 50.1 Å². The van der Waals surface area contributed by atoms with Gasteiger partial charge in [0.15, 0.2) is 4.80 Å². The second-order valence-electron chi connectivity index (χ2n) is 5.88. The smallest absolute Gasteiger partial charge is 0.279 e. The number of benzene rings is 2. The number of thiazole rings is 1. The summed E-state index contributed by atoms with van der Waals surface area (Å²) in [5, 5.41) is 0.694. The molecule has 0 aliphatic heterocycles. The first-order valence-corrected chi connectivity index (χ1v) is 9.14. The number of halogens is 1. The lowest BCUT2D eigenvalue weighted by Crippen LogP contribution is -2.17.